The fraction of sp³-hybridized carbons (Fsp3) is 0.435. The van der Waals surface area contributed by atoms with Crippen LogP contribution in [-0.4, -0.2) is 47.2 Å². The predicted molar refractivity (Wildman–Crippen MR) is 118 cm³/mol. The number of carbonyl (C=O) groups excluding carboxylic acids is 1. The second kappa shape index (κ2) is 8.49. The van der Waals surface area contributed by atoms with Gasteiger partial charge in [-0.05, 0) is 44.2 Å². The van der Waals surface area contributed by atoms with Crippen molar-refractivity contribution in [3.05, 3.63) is 54.4 Å². The molecule has 0 radical (unpaired) electrons. The van der Waals surface area contributed by atoms with E-state index in [1.807, 2.05) is 6.92 Å². The van der Waals surface area contributed by atoms with Gasteiger partial charge in [-0.15, -0.1) is 10.2 Å². The zero-order valence-electron chi connectivity index (χ0n) is 19.3. The molecule has 3 aromatic rings. The number of amides is 2. The van der Waals surface area contributed by atoms with Crippen molar-refractivity contribution in [2.24, 2.45) is 5.92 Å². The molecule has 3 fully saturated rings. The molecule has 3 aliphatic rings. The number of fused-ring (bicyclic) bond motifs is 2. The molecule has 2 unspecified atom stereocenters. The minimum absolute atomic E-state index is 0.0925. The molecule has 2 aromatic heterocycles. The number of aromatic nitrogens is 5. The molecule has 0 spiro atoms. The highest BCUT2D eigenvalue weighted by molar-refractivity contribution is 5.92. The van der Waals surface area contributed by atoms with E-state index in [2.05, 4.69) is 32.4 Å². The standard InChI is InChI=1S/C23H22F5N7O/c1-12-3-15-7-22(6-12,13(2)34-10-31-32-11-34)35(15)21(36)33-19-4-16(20-29-8-14(24)9-30-20)17(5-18(19)25)23(26,27)28/h4-5,8-13,15H,3,6-7H2,1-2H3,(H,33,36)/t12-,13-,15?,22?/m1/s1. The molecular weight excluding hydrogens is 485 g/mol. The van der Waals surface area contributed by atoms with Gasteiger partial charge in [0.15, 0.2) is 11.6 Å². The normalized spacial score (nSPS) is 24.2. The van der Waals surface area contributed by atoms with Crippen molar-refractivity contribution in [2.45, 2.75) is 56.9 Å². The summed E-state index contributed by atoms with van der Waals surface area (Å²) >= 11 is 0. The summed E-state index contributed by atoms with van der Waals surface area (Å²) < 4.78 is 70.8. The maximum atomic E-state index is 14.9. The number of hydrogen-bond donors (Lipinski definition) is 1. The van der Waals surface area contributed by atoms with E-state index in [1.54, 1.807) is 22.1 Å². The SMILES string of the molecule is C[C@@H]1CC2CC([C@@H](C)n3cnnc3)(C1)N2C(=O)Nc1cc(-c2ncc(F)cn2)c(C(F)(F)F)cc1F. The summed E-state index contributed by atoms with van der Waals surface area (Å²) in [6, 6.07) is 0.217. The number of rotatable bonds is 4. The van der Waals surface area contributed by atoms with Crippen molar-refractivity contribution in [3.8, 4) is 11.4 Å². The number of nitrogens with one attached hydrogen (secondary N) is 1. The molecule has 36 heavy (non-hydrogen) atoms. The summed E-state index contributed by atoms with van der Waals surface area (Å²) in [5.41, 5.74) is -2.96. The molecule has 1 aliphatic carbocycles. The van der Waals surface area contributed by atoms with Gasteiger partial charge in [0.2, 0.25) is 0 Å². The van der Waals surface area contributed by atoms with Gasteiger partial charge >= 0.3 is 12.2 Å². The van der Waals surface area contributed by atoms with Gasteiger partial charge in [0.25, 0.3) is 0 Å². The highest BCUT2D eigenvalue weighted by Gasteiger charge is 2.61. The average Bonchev–Trinajstić information content (AvgIpc) is 3.34. The van der Waals surface area contributed by atoms with Gasteiger partial charge in [0.05, 0.1) is 35.2 Å². The Morgan fingerprint density at radius 3 is 2.44 bits per heavy atom. The Morgan fingerprint density at radius 1 is 1.14 bits per heavy atom. The lowest BCUT2D eigenvalue weighted by atomic mass is 9.61. The largest absolute Gasteiger partial charge is 0.417 e. The number of piperidine rings is 1. The zero-order valence-corrected chi connectivity index (χ0v) is 19.3. The molecule has 2 amide bonds. The Hall–Kier alpha value is -3.64. The first kappa shape index (κ1) is 24.1. The summed E-state index contributed by atoms with van der Waals surface area (Å²) in [7, 11) is 0. The van der Waals surface area contributed by atoms with Crippen LogP contribution in [0.15, 0.2) is 37.2 Å². The lowest BCUT2D eigenvalue weighted by Gasteiger charge is -2.65. The van der Waals surface area contributed by atoms with Crippen LogP contribution < -0.4 is 5.32 Å². The highest BCUT2D eigenvalue weighted by atomic mass is 19.4. The van der Waals surface area contributed by atoms with E-state index in [0.717, 1.165) is 18.9 Å². The number of nitrogens with zero attached hydrogens (tertiary/aromatic N) is 6. The monoisotopic (exact) mass is 507 g/mol. The summed E-state index contributed by atoms with van der Waals surface area (Å²) in [5, 5.41) is 10.1. The molecule has 190 valence electrons. The molecule has 2 saturated heterocycles. The maximum Gasteiger partial charge on any atom is 0.417 e. The molecule has 6 rings (SSSR count). The van der Waals surface area contributed by atoms with Crippen LogP contribution in [-0.2, 0) is 6.18 Å². The minimum atomic E-state index is -4.93. The van der Waals surface area contributed by atoms with E-state index in [-0.39, 0.29) is 18.2 Å². The van der Waals surface area contributed by atoms with Crippen LogP contribution in [0.5, 0.6) is 0 Å². The van der Waals surface area contributed by atoms with Crippen molar-refractivity contribution in [2.75, 3.05) is 5.32 Å². The lowest BCUT2D eigenvalue weighted by molar-refractivity contribution is -0.137. The Kier molecular flexibility index (Phi) is 5.67. The third-order valence-electron chi connectivity index (χ3n) is 7.21. The van der Waals surface area contributed by atoms with Crippen molar-refractivity contribution in [1.29, 1.82) is 0 Å². The van der Waals surface area contributed by atoms with Gasteiger partial charge in [-0.2, -0.15) is 13.2 Å². The van der Waals surface area contributed by atoms with Crippen LogP contribution in [0.4, 0.5) is 32.4 Å². The number of alkyl halides is 3. The molecule has 8 nitrogen and oxygen atoms in total. The number of halogens is 5. The van der Waals surface area contributed by atoms with Gasteiger partial charge < -0.3 is 14.8 Å². The number of anilines is 1. The predicted octanol–water partition coefficient (Wildman–Crippen LogP) is 5.07. The van der Waals surface area contributed by atoms with Gasteiger partial charge in [0, 0.05) is 11.6 Å². The number of urea groups is 1. The molecule has 13 heteroatoms. The van der Waals surface area contributed by atoms with Gasteiger partial charge in [-0.1, -0.05) is 6.92 Å². The van der Waals surface area contributed by atoms with E-state index in [9.17, 15) is 26.7 Å². The topological polar surface area (TPSA) is 88.8 Å². The molecule has 2 bridgehead atoms. The Bertz CT molecular complexity index is 1280. The van der Waals surface area contributed by atoms with E-state index in [1.165, 1.54) is 0 Å². The molecule has 2 aliphatic heterocycles. The lowest BCUT2D eigenvalue weighted by Crippen LogP contribution is -2.74. The van der Waals surface area contributed by atoms with E-state index < -0.39 is 52.0 Å². The van der Waals surface area contributed by atoms with Crippen molar-refractivity contribution < 1.29 is 26.7 Å². The van der Waals surface area contributed by atoms with E-state index in [0.29, 0.717) is 24.7 Å². The highest BCUT2D eigenvalue weighted by Crippen LogP contribution is 2.55. The van der Waals surface area contributed by atoms with Crippen LogP contribution in [0.2, 0.25) is 0 Å². The average molecular weight is 507 g/mol. The van der Waals surface area contributed by atoms with Crippen LogP contribution in [0.25, 0.3) is 11.4 Å². The number of benzene rings is 1. The molecule has 1 aromatic carbocycles. The molecule has 4 heterocycles. The second-order valence-electron chi connectivity index (χ2n) is 9.49. The molecule has 4 atom stereocenters. The molecular formula is C23H22F5N7O. The summed E-state index contributed by atoms with van der Waals surface area (Å²) in [6.07, 6.45) is 1.80. The molecule has 1 saturated carbocycles. The van der Waals surface area contributed by atoms with E-state index in [4.69, 9.17) is 0 Å². The molecule has 1 N–H and O–H groups in total. The number of carbonyl (C=O) groups is 1. The van der Waals surface area contributed by atoms with Gasteiger partial charge in [-0.25, -0.2) is 23.5 Å². The first-order valence-electron chi connectivity index (χ1n) is 11.3. The Balaban J connectivity index is 1.49. The van der Waals surface area contributed by atoms with Gasteiger partial charge in [0.1, 0.15) is 18.5 Å². The van der Waals surface area contributed by atoms with Crippen LogP contribution >= 0.6 is 0 Å². The minimum Gasteiger partial charge on any atom is -0.315 e. The van der Waals surface area contributed by atoms with Crippen molar-refractivity contribution in [1.82, 2.24) is 29.6 Å². The first-order valence-corrected chi connectivity index (χ1v) is 11.3. The summed E-state index contributed by atoms with van der Waals surface area (Å²) in [4.78, 5) is 22.3. The Labute approximate surface area is 202 Å². The van der Waals surface area contributed by atoms with Crippen LogP contribution in [0, 0.1) is 17.6 Å². The van der Waals surface area contributed by atoms with Crippen molar-refractivity contribution >= 4 is 11.7 Å². The Morgan fingerprint density at radius 2 is 1.81 bits per heavy atom. The quantitative estimate of drug-likeness (QED) is 0.499. The third kappa shape index (κ3) is 3.95. The smallest absolute Gasteiger partial charge is 0.315 e. The van der Waals surface area contributed by atoms with Crippen LogP contribution in [0.1, 0.15) is 44.7 Å². The summed E-state index contributed by atoms with van der Waals surface area (Å²) in [6.45, 7) is 4.04. The maximum absolute atomic E-state index is 14.9. The van der Waals surface area contributed by atoms with Crippen LogP contribution in [0.3, 0.4) is 0 Å². The second-order valence-corrected chi connectivity index (χ2v) is 9.49. The summed E-state index contributed by atoms with van der Waals surface area (Å²) in [5.74, 6) is -2.21. The van der Waals surface area contributed by atoms with Crippen molar-refractivity contribution in [3.63, 3.8) is 0 Å². The van der Waals surface area contributed by atoms with E-state index >= 15 is 0 Å². The first-order chi connectivity index (χ1) is 17.0. The fourth-order valence-electron chi connectivity index (χ4n) is 5.68. The zero-order chi connectivity index (χ0) is 25.8. The number of hydrogen-bond acceptors (Lipinski definition) is 5. The third-order valence-corrected chi connectivity index (χ3v) is 7.21. The van der Waals surface area contributed by atoms with Gasteiger partial charge in [-0.3, -0.25) is 0 Å². The fourth-order valence-corrected chi connectivity index (χ4v) is 5.68.